The highest BCUT2D eigenvalue weighted by Crippen LogP contribution is 2.55. The van der Waals surface area contributed by atoms with E-state index in [2.05, 4.69) is 5.32 Å². The molecule has 154 valence electrons. The Morgan fingerprint density at radius 1 is 1.03 bits per heavy atom. The number of hydrogen-bond donors (Lipinski definition) is 1. The molecule has 2 aromatic rings. The molecule has 4 fully saturated rings. The zero-order valence-corrected chi connectivity index (χ0v) is 18.1. The summed E-state index contributed by atoms with van der Waals surface area (Å²) in [7, 11) is 0. The van der Waals surface area contributed by atoms with Gasteiger partial charge in [0.25, 0.3) is 5.91 Å². The van der Waals surface area contributed by atoms with Gasteiger partial charge in [0, 0.05) is 10.6 Å². The molecule has 1 heterocycles. The summed E-state index contributed by atoms with van der Waals surface area (Å²) in [5, 5.41) is 4.42. The number of halogens is 3. The highest BCUT2D eigenvalue weighted by molar-refractivity contribution is 6.40. The zero-order valence-electron chi connectivity index (χ0n) is 15.8. The third-order valence-corrected chi connectivity index (χ3v) is 7.40. The van der Waals surface area contributed by atoms with Crippen LogP contribution in [0.1, 0.15) is 54.8 Å². The summed E-state index contributed by atoms with van der Waals surface area (Å²) in [6.07, 6.45) is 7.34. The minimum Gasteiger partial charge on any atom is -0.483 e. The molecule has 4 saturated carbocycles. The number of benzene rings is 1. The van der Waals surface area contributed by atoms with E-state index >= 15 is 0 Å². The first-order chi connectivity index (χ1) is 13.9. The molecular formula is C22H22Cl3NO3. The van der Waals surface area contributed by atoms with Crippen LogP contribution in [0.4, 0.5) is 0 Å². The van der Waals surface area contributed by atoms with E-state index in [1.807, 2.05) is 0 Å². The van der Waals surface area contributed by atoms with Crippen LogP contribution in [0.3, 0.4) is 0 Å². The van der Waals surface area contributed by atoms with Gasteiger partial charge in [0.15, 0.2) is 11.5 Å². The summed E-state index contributed by atoms with van der Waals surface area (Å²) in [5.74, 6) is 3.37. The third-order valence-electron chi connectivity index (χ3n) is 6.62. The summed E-state index contributed by atoms with van der Waals surface area (Å²) < 4.78 is 11.4. The molecule has 0 radical (unpaired) electrons. The Bertz CT molecular complexity index is 896. The van der Waals surface area contributed by atoms with Gasteiger partial charge >= 0.3 is 0 Å². The fourth-order valence-electron chi connectivity index (χ4n) is 5.95. The molecule has 7 heteroatoms. The normalized spacial score (nSPS) is 29.8. The van der Waals surface area contributed by atoms with Gasteiger partial charge in [-0.05, 0) is 80.5 Å². The summed E-state index contributed by atoms with van der Waals surface area (Å²) in [6.45, 7) is 0.117. The summed E-state index contributed by atoms with van der Waals surface area (Å²) in [6, 6.07) is 6.57. The highest BCUT2D eigenvalue weighted by atomic mass is 35.5. The van der Waals surface area contributed by atoms with Crippen molar-refractivity contribution in [2.45, 2.75) is 50.7 Å². The molecule has 0 atom stereocenters. The van der Waals surface area contributed by atoms with Crippen molar-refractivity contribution in [1.29, 1.82) is 0 Å². The SMILES string of the molecule is O=C(NC12CC3CC(CC(C3)C1)C2)c1ccc(COc2c(Cl)cc(Cl)cc2Cl)o1. The number of ether oxygens (including phenoxy) is 1. The van der Waals surface area contributed by atoms with Crippen molar-refractivity contribution in [2.75, 3.05) is 0 Å². The molecule has 6 rings (SSSR count). The van der Waals surface area contributed by atoms with Crippen molar-refractivity contribution in [2.24, 2.45) is 17.8 Å². The molecule has 4 bridgehead atoms. The van der Waals surface area contributed by atoms with Crippen LogP contribution in [0.15, 0.2) is 28.7 Å². The Hall–Kier alpha value is -1.36. The maximum atomic E-state index is 12.9. The molecule has 4 nitrogen and oxygen atoms in total. The van der Waals surface area contributed by atoms with Crippen LogP contribution in [-0.2, 0) is 6.61 Å². The van der Waals surface area contributed by atoms with Crippen LogP contribution in [0, 0.1) is 17.8 Å². The molecule has 4 aliphatic carbocycles. The van der Waals surface area contributed by atoms with Crippen LogP contribution in [0.25, 0.3) is 0 Å². The third kappa shape index (κ3) is 3.87. The van der Waals surface area contributed by atoms with Crippen molar-refractivity contribution in [3.63, 3.8) is 0 Å². The fourth-order valence-corrected chi connectivity index (χ4v) is 6.88. The summed E-state index contributed by atoms with van der Waals surface area (Å²) >= 11 is 18.2. The van der Waals surface area contributed by atoms with E-state index < -0.39 is 0 Å². The van der Waals surface area contributed by atoms with Gasteiger partial charge in [-0.3, -0.25) is 4.79 Å². The predicted octanol–water partition coefficient (Wildman–Crippen LogP) is 6.52. The van der Waals surface area contributed by atoms with E-state index in [-0.39, 0.29) is 18.1 Å². The second-order valence-corrected chi connectivity index (χ2v) is 10.2. The minimum atomic E-state index is -0.138. The number of furan rings is 1. The van der Waals surface area contributed by atoms with Gasteiger partial charge in [-0.1, -0.05) is 34.8 Å². The quantitative estimate of drug-likeness (QED) is 0.559. The topological polar surface area (TPSA) is 51.5 Å². The Labute approximate surface area is 184 Å². The maximum absolute atomic E-state index is 12.9. The van der Waals surface area contributed by atoms with Crippen LogP contribution in [0.2, 0.25) is 15.1 Å². The highest BCUT2D eigenvalue weighted by Gasteiger charge is 2.51. The standard InChI is InChI=1S/C22H22Cl3NO3/c23-15-6-17(24)20(18(25)7-15)28-11-16-1-2-19(29-16)21(27)26-22-8-12-3-13(9-22)5-14(4-12)10-22/h1-2,6-7,12-14H,3-5,8-11H2,(H,26,27). The molecule has 4 aliphatic rings. The lowest BCUT2D eigenvalue weighted by Gasteiger charge is -2.56. The van der Waals surface area contributed by atoms with E-state index in [4.69, 9.17) is 44.0 Å². The maximum Gasteiger partial charge on any atom is 0.287 e. The lowest BCUT2D eigenvalue weighted by Crippen LogP contribution is -2.59. The van der Waals surface area contributed by atoms with Crippen LogP contribution >= 0.6 is 34.8 Å². The van der Waals surface area contributed by atoms with Crippen molar-refractivity contribution in [3.8, 4) is 5.75 Å². The number of amides is 1. The summed E-state index contributed by atoms with van der Waals surface area (Å²) in [4.78, 5) is 12.9. The summed E-state index contributed by atoms with van der Waals surface area (Å²) in [5.41, 5.74) is -0.0420. The molecule has 1 aromatic heterocycles. The van der Waals surface area contributed by atoms with Gasteiger partial charge in [-0.2, -0.15) is 0 Å². The van der Waals surface area contributed by atoms with Crippen LogP contribution < -0.4 is 10.1 Å². The molecule has 29 heavy (non-hydrogen) atoms. The Morgan fingerprint density at radius 2 is 1.62 bits per heavy atom. The number of nitrogens with one attached hydrogen (secondary N) is 1. The first-order valence-corrected chi connectivity index (χ1v) is 11.2. The van der Waals surface area contributed by atoms with Gasteiger partial charge in [0.05, 0.1) is 10.0 Å². The monoisotopic (exact) mass is 453 g/mol. The molecule has 1 aromatic carbocycles. The second kappa shape index (κ2) is 7.40. The second-order valence-electron chi connectivity index (χ2n) is 8.91. The van der Waals surface area contributed by atoms with Crippen LogP contribution in [0.5, 0.6) is 5.75 Å². The van der Waals surface area contributed by atoms with E-state index in [1.165, 1.54) is 19.3 Å². The largest absolute Gasteiger partial charge is 0.483 e. The smallest absolute Gasteiger partial charge is 0.287 e. The van der Waals surface area contributed by atoms with Gasteiger partial charge in [-0.15, -0.1) is 0 Å². The Morgan fingerprint density at radius 3 is 2.21 bits per heavy atom. The van der Waals surface area contributed by atoms with Crippen molar-refractivity contribution in [3.05, 3.63) is 50.9 Å². The first kappa shape index (κ1) is 19.6. The number of hydrogen-bond acceptors (Lipinski definition) is 3. The van der Waals surface area contributed by atoms with Gasteiger partial charge in [0.2, 0.25) is 0 Å². The van der Waals surface area contributed by atoms with Crippen LogP contribution in [-0.4, -0.2) is 11.4 Å². The molecule has 0 saturated heterocycles. The zero-order chi connectivity index (χ0) is 20.2. The number of carbonyl (C=O) groups is 1. The lowest BCUT2D eigenvalue weighted by atomic mass is 9.53. The van der Waals surface area contributed by atoms with E-state index in [0.717, 1.165) is 37.0 Å². The van der Waals surface area contributed by atoms with Gasteiger partial charge in [-0.25, -0.2) is 0 Å². The molecule has 0 unspecified atom stereocenters. The predicted molar refractivity (Wildman–Crippen MR) is 113 cm³/mol. The molecule has 0 spiro atoms. The van der Waals surface area contributed by atoms with Gasteiger partial charge < -0.3 is 14.5 Å². The lowest BCUT2D eigenvalue weighted by molar-refractivity contribution is -0.0171. The molecule has 0 aliphatic heterocycles. The Balaban J connectivity index is 1.24. The average Bonchev–Trinajstić information content (AvgIpc) is 3.08. The minimum absolute atomic E-state index is 0.0420. The van der Waals surface area contributed by atoms with Crippen molar-refractivity contribution in [1.82, 2.24) is 5.32 Å². The number of carbonyl (C=O) groups excluding carboxylic acids is 1. The van der Waals surface area contributed by atoms with Crippen molar-refractivity contribution >= 4 is 40.7 Å². The average molecular weight is 455 g/mol. The molecular weight excluding hydrogens is 433 g/mol. The van der Waals surface area contributed by atoms with Crippen molar-refractivity contribution < 1.29 is 13.9 Å². The molecule has 1 N–H and O–H groups in total. The van der Waals surface area contributed by atoms with E-state index in [0.29, 0.717) is 32.3 Å². The first-order valence-electron chi connectivity index (χ1n) is 10.1. The van der Waals surface area contributed by atoms with Gasteiger partial charge in [0.1, 0.15) is 12.4 Å². The Kier molecular flexibility index (Phi) is 5.00. The fraction of sp³-hybridized carbons (Fsp3) is 0.500. The molecule has 1 amide bonds. The number of rotatable bonds is 5. The van der Waals surface area contributed by atoms with E-state index in [9.17, 15) is 4.79 Å². The van der Waals surface area contributed by atoms with E-state index in [1.54, 1.807) is 24.3 Å².